The van der Waals surface area contributed by atoms with Gasteiger partial charge in [0.2, 0.25) is 0 Å². The summed E-state index contributed by atoms with van der Waals surface area (Å²) in [5, 5.41) is 16.7. The van der Waals surface area contributed by atoms with Crippen LogP contribution >= 0.6 is 11.3 Å². The monoisotopic (exact) mass is 278 g/mol. The molecular weight excluding hydrogens is 264 g/mol. The molecule has 0 spiro atoms. The Balaban J connectivity index is 1.98. The minimum absolute atomic E-state index is 0.328. The third-order valence-corrected chi connectivity index (χ3v) is 3.29. The Hall–Kier alpha value is -1.92. The molecule has 19 heavy (non-hydrogen) atoms. The zero-order chi connectivity index (χ0) is 13.7. The first kappa shape index (κ1) is 13.5. The molecule has 2 heterocycles. The van der Waals surface area contributed by atoms with Crippen molar-refractivity contribution in [2.24, 2.45) is 0 Å². The number of nitrogens with one attached hydrogen (secondary N) is 1. The summed E-state index contributed by atoms with van der Waals surface area (Å²) in [5.41, 5.74) is 1.28. The smallest absolute Gasteiger partial charge is 0.338 e. The normalized spacial score (nSPS) is 11.9. The highest BCUT2D eigenvalue weighted by Crippen LogP contribution is 2.17. The molecule has 0 aliphatic heterocycles. The number of ether oxygens (including phenoxy) is 1. The minimum Gasteiger partial charge on any atom is -0.465 e. The van der Waals surface area contributed by atoms with Gasteiger partial charge in [0.1, 0.15) is 5.82 Å². The molecule has 2 aromatic rings. The van der Waals surface area contributed by atoms with Gasteiger partial charge in [-0.1, -0.05) is 0 Å². The number of carbonyl (C=O) groups is 1. The molecule has 1 unspecified atom stereocenters. The third kappa shape index (κ3) is 3.52. The van der Waals surface area contributed by atoms with E-state index >= 15 is 0 Å². The van der Waals surface area contributed by atoms with Crippen molar-refractivity contribution in [2.45, 2.75) is 6.10 Å². The first-order valence-electron chi connectivity index (χ1n) is 5.69. The first-order valence-corrected chi connectivity index (χ1v) is 6.63. The van der Waals surface area contributed by atoms with E-state index in [1.807, 2.05) is 16.8 Å². The molecule has 2 N–H and O–H groups in total. The molecule has 0 aromatic carbocycles. The number of pyridine rings is 1. The Morgan fingerprint density at radius 3 is 3.11 bits per heavy atom. The molecule has 0 bridgehead atoms. The van der Waals surface area contributed by atoms with Crippen molar-refractivity contribution in [3.8, 4) is 0 Å². The number of rotatable bonds is 5. The van der Waals surface area contributed by atoms with E-state index < -0.39 is 12.1 Å². The molecule has 2 rings (SSSR count). The highest BCUT2D eigenvalue weighted by Gasteiger charge is 2.09. The average Bonchev–Trinajstić information content (AvgIpc) is 2.98. The van der Waals surface area contributed by atoms with Gasteiger partial charge in [-0.3, -0.25) is 0 Å². The van der Waals surface area contributed by atoms with Crippen molar-refractivity contribution in [2.75, 3.05) is 19.0 Å². The van der Waals surface area contributed by atoms with Crippen molar-refractivity contribution in [3.63, 3.8) is 0 Å². The number of carbonyl (C=O) groups excluding carboxylic acids is 1. The van der Waals surface area contributed by atoms with Crippen LogP contribution in [0.15, 0.2) is 35.2 Å². The first-order chi connectivity index (χ1) is 9.20. The van der Waals surface area contributed by atoms with Gasteiger partial charge >= 0.3 is 5.97 Å². The summed E-state index contributed by atoms with van der Waals surface area (Å²) >= 11 is 1.53. The molecule has 0 saturated heterocycles. The van der Waals surface area contributed by atoms with Gasteiger partial charge in [-0.2, -0.15) is 11.3 Å². The SMILES string of the molecule is COC(=O)c1ccnc(NCC(O)c2ccsc2)c1. The van der Waals surface area contributed by atoms with Crippen molar-refractivity contribution in [1.29, 1.82) is 0 Å². The maximum atomic E-state index is 11.4. The number of aliphatic hydroxyl groups is 1. The maximum absolute atomic E-state index is 11.4. The number of hydrogen-bond donors (Lipinski definition) is 2. The summed E-state index contributed by atoms with van der Waals surface area (Å²) in [5.74, 6) is 0.112. The molecule has 2 aromatic heterocycles. The summed E-state index contributed by atoms with van der Waals surface area (Å²) in [4.78, 5) is 15.4. The van der Waals surface area contributed by atoms with E-state index in [2.05, 4.69) is 15.0 Å². The zero-order valence-electron chi connectivity index (χ0n) is 10.4. The second kappa shape index (κ2) is 6.31. The van der Waals surface area contributed by atoms with Crippen molar-refractivity contribution < 1.29 is 14.6 Å². The van der Waals surface area contributed by atoms with Crippen LogP contribution in [0.25, 0.3) is 0 Å². The Kier molecular flexibility index (Phi) is 4.48. The van der Waals surface area contributed by atoms with Crippen LogP contribution in [0.3, 0.4) is 0 Å². The van der Waals surface area contributed by atoms with Gasteiger partial charge in [-0.15, -0.1) is 0 Å². The molecule has 0 saturated carbocycles. The van der Waals surface area contributed by atoms with Gasteiger partial charge in [0.15, 0.2) is 0 Å². The largest absolute Gasteiger partial charge is 0.465 e. The van der Waals surface area contributed by atoms with Gasteiger partial charge in [0.25, 0.3) is 0 Å². The summed E-state index contributed by atoms with van der Waals surface area (Å²) in [6.07, 6.45) is 0.917. The van der Waals surface area contributed by atoms with Crippen LogP contribution in [0.4, 0.5) is 5.82 Å². The lowest BCUT2D eigenvalue weighted by atomic mass is 10.2. The highest BCUT2D eigenvalue weighted by atomic mass is 32.1. The predicted molar refractivity (Wildman–Crippen MR) is 73.3 cm³/mol. The van der Waals surface area contributed by atoms with Crippen LogP contribution in [0.5, 0.6) is 0 Å². The van der Waals surface area contributed by atoms with Crippen LogP contribution in [-0.4, -0.2) is 29.7 Å². The third-order valence-electron chi connectivity index (χ3n) is 2.59. The van der Waals surface area contributed by atoms with Crippen molar-refractivity contribution in [3.05, 3.63) is 46.3 Å². The number of aliphatic hydroxyl groups excluding tert-OH is 1. The van der Waals surface area contributed by atoms with E-state index in [1.165, 1.54) is 24.6 Å². The van der Waals surface area contributed by atoms with Crippen molar-refractivity contribution in [1.82, 2.24) is 4.98 Å². The van der Waals surface area contributed by atoms with Gasteiger partial charge in [0.05, 0.1) is 18.8 Å². The summed E-state index contributed by atoms with van der Waals surface area (Å²) in [7, 11) is 1.33. The molecule has 0 aliphatic rings. The van der Waals surface area contributed by atoms with Crippen molar-refractivity contribution >= 4 is 23.1 Å². The van der Waals surface area contributed by atoms with Gasteiger partial charge in [0, 0.05) is 12.7 Å². The van der Waals surface area contributed by atoms with Gasteiger partial charge in [-0.05, 0) is 34.5 Å². The van der Waals surface area contributed by atoms with E-state index in [-0.39, 0.29) is 0 Å². The number of methoxy groups -OCH3 is 1. The molecule has 6 heteroatoms. The Morgan fingerprint density at radius 1 is 1.58 bits per heavy atom. The van der Waals surface area contributed by atoms with E-state index in [0.717, 1.165) is 5.56 Å². The van der Waals surface area contributed by atoms with Gasteiger partial charge in [-0.25, -0.2) is 9.78 Å². The number of aromatic nitrogens is 1. The molecule has 100 valence electrons. The standard InChI is InChI=1S/C13H14N2O3S/c1-18-13(17)9-2-4-14-12(6-9)15-7-11(16)10-3-5-19-8-10/h2-6,8,11,16H,7H2,1H3,(H,14,15). The molecule has 0 amide bonds. The van der Waals surface area contributed by atoms with Gasteiger partial charge < -0.3 is 15.2 Å². The quantitative estimate of drug-likeness (QED) is 0.819. The second-order valence-electron chi connectivity index (χ2n) is 3.87. The van der Waals surface area contributed by atoms with Crippen LogP contribution < -0.4 is 5.32 Å². The number of anilines is 1. The fourth-order valence-electron chi connectivity index (χ4n) is 1.56. The van der Waals surface area contributed by atoms with E-state index in [1.54, 1.807) is 12.1 Å². The van der Waals surface area contributed by atoms with Crippen LogP contribution in [0.1, 0.15) is 22.0 Å². The Labute approximate surface area is 114 Å². The summed E-state index contributed by atoms with van der Waals surface area (Å²) < 4.78 is 4.63. The number of nitrogens with zero attached hydrogens (tertiary/aromatic N) is 1. The molecule has 0 radical (unpaired) electrons. The summed E-state index contributed by atoms with van der Waals surface area (Å²) in [6.45, 7) is 0.328. The fraction of sp³-hybridized carbons (Fsp3) is 0.231. The van der Waals surface area contributed by atoms with E-state index in [0.29, 0.717) is 17.9 Å². The van der Waals surface area contributed by atoms with Crippen LogP contribution in [-0.2, 0) is 4.74 Å². The lowest BCUT2D eigenvalue weighted by Crippen LogP contribution is -2.13. The lowest BCUT2D eigenvalue weighted by molar-refractivity contribution is 0.0600. The Bertz CT molecular complexity index is 543. The maximum Gasteiger partial charge on any atom is 0.338 e. The lowest BCUT2D eigenvalue weighted by Gasteiger charge is -2.11. The predicted octanol–water partition coefficient (Wildman–Crippen LogP) is 2.08. The molecule has 5 nitrogen and oxygen atoms in total. The average molecular weight is 278 g/mol. The Morgan fingerprint density at radius 2 is 2.42 bits per heavy atom. The van der Waals surface area contributed by atoms with E-state index in [9.17, 15) is 9.90 Å². The molecular formula is C13H14N2O3S. The second-order valence-corrected chi connectivity index (χ2v) is 4.65. The topological polar surface area (TPSA) is 71.5 Å². The van der Waals surface area contributed by atoms with Crippen LogP contribution in [0.2, 0.25) is 0 Å². The number of esters is 1. The fourth-order valence-corrected chi connectivity index (χ4v) is 2.26. The van der Waals surface area contributed by atoms with E-state index in [4.69, 9.17) is 0 Å². The molecule has 1 atom stereocenters. The zero-order valence-corrected chi connectivity index (χ0v) is 11.2. The highest BCUT2D eigenvalue weighted by molar-refractivity contribution is 7.07. The summed E-state index contributed by atoms with van der Waals surface area (Å²) in [6, 6.07) is 5.04. The number of thiophene rings is 1. The molecule has 0 aliphatic carbocycles. The number of hydrogen-bond acceptors (Lipinski definition) is 6. The van der Waals surface area contributed by atoms with Crippen LogP contribution in [0, 0.1) is 0 Å². The minimum atomic E-state index is -0.602. The molecule has 0 fully saturated rings.